The maximum atomic E-state index is 5.85. The molecule has 0 spiro atoms. The lowest BCUT2D eigenvalue weighted by Crippen LogP contribution is -2.20. The maximum absolute atomic E-state index is 5.85. The van der Waals surface area contributed by atoms with Crippen LogP contribution in [0.1, 0.15) is 31.4 Å². The first-order valence-corrected chi connectivity index (χ1v) is 6.16. The predicted octanol–water partition coefficient (Wildman–Crippen LogP) is 3.07. The fraction of sp³-hybridized carbons (Fsp3) is 0.500. The van der Waals surface area contributed by atoms with Gasteiger partial charge in [0.05, 0.1) is 5.69 Å². The van der Waals surface area contributed by atoms with Crippen molar-refractivity contribution in [2.24, 2.45) is 5.73 Å². The molecule has 1 atom stereocenters. The van der Waals surface area contributed by atoms with E-state index in [0.717, 1.165) is 10.5 Å². The summed E-state index contributed by atoms with van der Waals surface area (Å²) in [5, 5.41) is 0. The normalized spacial score (nSPS) is 17.6. The molecule has 0 radical (unpaired) electrons. The number of hydrogen-bond acceptors (Lipinski definition) is 2. The summed E-state index contributed by atoms with van der Waals surface area (Å²) in [6, 6.07) is 7.23. The molecule has 1 aliphatic carbocycles. The Morgan fingerprint density at radius 2 is 2.13 bits per heavy atom. The van der Waals surface area contributed by atoms with E-state index in [1.807, 2.05) is 6.92 Å². The van der Waals surface area contributed by atoms with Crippen LogP contribution in [0.5, 0.6) is 0 Å². The van der Waals surface area contributed by atoms with Crippen LogP contribution in [0, 0.1) is 0 Å². The van der Waals surface area contributed by atoms with Gasteiger partial charge in [-0.15, -0.1) is 0 Å². The first-order chi connectivity index (χ1) is 7.09. The third-order valence-electron chi connectivity index (χ3n) is 2.97. The van der Waals surface area contributed by atoms with Crippen molar-refractivity contribution in [1.82, 2.24) is 0 Å². The molecule has 0 aromatic heterocycles. The third-order valence-corrected chi connectivity index (χ3v) is 3.61. The van der Waals surface area contributed by atoms with Gasteiger partial charge in [0, 0.05) is 23.6 Å². The number of nitrogens with zero attached hydrogens (tertiary/aromatic N) is 1. The summed E-state index contributed by atoms with van der Waals surface area (Å²) in [4.78, 5) is 2.34. The predicted molar refractivity (Wildman–Crippen MR) is 68.2 cm³/mol. The summed E-state index contributed by atoms with van der Waals surface area (Å²) < 4.78 is 1.15. The highest BCUT2D eigenvalue weighted by Gasteiger charge is 2.27. The van der Waals surface area contributed by atoms with Crippen LogP contribution in [0.3, 0.4) is 0 Å². The van der Waals surface area contributed by atoms with Gasteiger partial charge in [-0.25, -0.2) is 0 Å². The first-order valence-electron chi connectivity index (χ1n) is 5.37. The number of nitrogens with two attached hydrogens (primary N) is 1. The Balaban J connectivity index is 2.25. The van der Waals surface area contributed by atoms with E-state index in [0.29, 0.717) is 0 Å². The summed E-state index contributed by atoms with van der Waals surface area (Å²) in [6.45, 7) is 2.01. The van der Waals surface area contributed by atoms with Gasteiger partial charge in [-0.2, -0.15) is 0 Å². The Morgan fingerprint density at radius 3 is 2.60 bits per heavy atom. The Labute approximate surface area is 99.6 Å². The zero-order valence-corrected chi connectivity index (χ0v) is 10.8. The van der Waals surface area contributed by atoms with Gasteiger partial charge in [0.1, 0.15) is 0 Å². The zero-order valence-electron chi connectivity index (χ0n) is 9.20. The minimum Gasteiger partial charge on any atom is -0.371 e. The van der Waals surface area contributed by atoms with E-state index < -0.39 is 0 Å². The molecule has 0 saturated heterocycles. The Kier molecular flexibility index (Phi) is 3.03. The third kappa shape index (κ3) is 2.34. The molecule has 0 bridgehead atoms. The molecule has 2 nitrogen and oxygen atoms in total. The van der Waals surface area contributed by atoms with Gasteiger partial charge in [-0.3, -0.25) is 0 Å². The van der Waals surface area contributed by atoms with E-state index in [9.17, 15) is 0 Å². The summed E-state index contributed by atoms with van der Waals surface area (Å²) in [5.74, 6) is 0. The maximum Gasteiger partial charge on any atom is 0.0510 e. The smallest absolute Gasteiger partial charge is 0.0510 e. The van der Waals surface area contributed by atoms with Crippen LogP contribution < -0.4 is 10.6 Å². The second-order valence-corrected chi connectivity index (χ2v) is 5.20. The van der Waals surface area contributed by atoms with Gasteiger partial charge in [0.2, 0.25) is 0 Å². The van der Waals surface area contributed by atoms with E-state index in [2.05, 4.69) is 46.1 Å². The SMILES string of the molecule is C[C@H](N)c1ccc(N(C)C2CC2)c(Br)c1. The van der Waals surface area contributed by atoms with Crippen LogP contribution in [-0.4, -0.2) is 13.1 Å². The van der Waals surface area contributed by atoms with Crippen molar-refractivity contribution in [3.63, 3.8) is 0 Å². The average molecular weight is 269 g/mol. The fourth-order valence-corrected chi connectivity index (χ4v) is 2.43. The molecule has 1 aromatic rings. The molecule has 3 heteroatoms. The molecule has 15 heavy (non-hydrogen) atoms. The summed E-state index contributed by atoms with van der Waals surface area (Å²) in [5.41, 5.74) is 8.29. The van der Waals surface area contributed by atoms with Crippen LogP contribution in [0.4, 0.5) is 5.69 Å². The van der Waals surface area contributed by atoms with Crippen molar-refractivity contribution in [1.29, 1.82) is 0 Å². The van der Waals surface area contributed by atoms with Gasteiger partial charge in [0.25, 0.3) is 0 Å². The number of benzene rings is 1. The number of rotatable bonds is 3. The monoisotopic (exact) mass is 268 g/mol. The van der Waals surface area contributed by atoms with Crippen molar-refractivity contribution in [3.8, 4) is 0 Å². The molecule has 0 unspecified atom stereocenters. The minimum absolute atomic E-state index is 0.0987. The molecule has 1 aromatic carbocycles. The second-order valence-electron chi connectivity index (χ2n) is 4.34. The Morgan fingerprint density at radius 1 is 1.47 bits per heavy atom. The quantitative estimate of drug-likeness (QED) is 0.913. The van der Waals surface area contributed by atoms with E-state index in [1.165, 1.54) is 24.1 Å². The van der Waals surface area contributed by atoms with Crippen molar-refractivity contribution in [2.45, 2.75) is 31.8 Å². The Hall–Kier alpha value is -0.540. The highest BCUT2D eigenvalue weighted by Crippen LogP contribution is 2.35. The highest BCUT2D eigenvalue weighted by atomic mass is 79.9. The van der Waals surface area contributed by atoms with Crippen molar-refractivity contribution < 1.29 is 0 Å². The first kappa shape index (κ1) is 11.0. The minimum atomic E-state index is 0.0987. The van der Waals surface area contributed by atoms with E-state index in [-0.39, 0.29) is 6.04 Å². The van der Waals surface area contributed by atoms with Crippen LogP contribution in [0.15, 0.2) is 22.7 Å². The van der Waals surface area contributed by atoms with Crippen molar-refractivity contribution >= 4 is 21.6 Å². The molecule has 0 aliphatic heterocycles. The Bertz CT molecular complexity index is 359. The van der Waals surface area contributed by atoms with Gasteiger partial charge in [0.15, 0.2) is 0 Å². The van der Waals surface area contributed by atoms with Gasteiger partial charge >= 0.3 is 0 Å². The standard InChI is InChI=1S/C12H17BrN2/c1-8(14)9-3-6-12(11(13)7-9)15(2)10-4-5-10/h3,6-8,10H,4-5,14H2,1-2H3/t8-/m0/s1. The lowest BCUT2D eigenvalue weighted by Gasteiger charge is -2.21. The van der Waals surface area contributed by atoms with Crippen LogP contribution in [0.2, 0.25) is 0 Å². The molecule has 2 rings (SSSR count). The zero-order chi connectivity index (χ0) is 11.0. The summed E-state index contributed by atoms with van der Waals surface area (Å²) >= 11 is 3.61. The number of anilines is 1. The van der Waals surface area contributed by atoms with Crippen LogP contribution >= 0.6 is 15.9 Å². The highest BCUT2D eigenvalue weighted by molar-refractivity contribution is 9.10. The lowest BCUT2D eigenvalue weighted by molar-refractivity contribution is 0.815. The topological polar surface area (TPSA) is 29.3 Å². The van der Waals surface area contributed by atoms with Gasteiger partial charge < -0.3 is 10.6 Å². The molecular weight excluding hydrogens is 252 g/mol. The van der Waals surface area contributed by atoms with Crippen molar-refractivity contribution in [3.05, 3.63) is 28.2 Å². The molecule has 1 aliphatic rings. The molecular formula is C12H17BrN2. The molecule has 0 amide bonds. The average Bonchev–Trinajstić information content (AvgIpc) is 2.99. The summed E-state index contributed by atoms with van der Waals surface area (Å²) in [6.07, 6.45) is 2.63. The van der Waals surface area contributed by atoms with Crippen LogP contribution in [-0.2, 0) is 0 Å². The van der Waals surface area contributed by atoms with E-state index >= 15 is 0 Å². The van der Waals surface area contributed by atoms with Gasteiger partial charge in [-0.05, 0) is 53.4 Å². The number of hydrogen-bond donors (Lipinski definition) is 1. The molecule has 1 fully saturated rings. The largest absolute Gasteiger partial charge is 0.371 e. The molecule has 2 N–H and O–H groups in total. The van der Waals surface area contributed by atoms with Crippen LogP contribution in [0.25, 0.3) is 0 Å². The van der Waals surface area contributed by atoms with Crippen molar-refractivity contribution in [2.75, 3.05) is 11.9 Å². The van der Waals surface area contributed by atoms with E-state index in [1.54, 1.807) is 0 Å². The number of halogens is 1. The molecule has 1 saturated carbocycles. The lowest BCUT2D eigenvalue weighted by atomic mass is 10.1. The summed E-state index contributed by atoms with van der Waals surface area (Å²) in [7, 11) is 2.16. The fourth-order valence-electron chi connectivity index (χ4n) is 1.75. The van der Waals surface area contributed by atoms with E-state index in [4.69, 9.17) is 5.73 Å². The molecule has 0 heterocycles. The molecule has 82 valence electrons. The second kappa shape index (κ2) is 4.14. The van der Waals surface area contributed by atoms with Gasteiger partial charge in [-0.1, -0.05) is 6.07 Å².